The first-order chi connectivity index (χ1) is 13.0. The molecule has 0 aromatic carbocycles. The molecule has 1 aliphatic rings. The van der Waals surface area contributed by atoms with E-state index in [4.69, 9.17) is 5.73 Å². The number of aryl methyl sites for hydroxylation is 2. The highest BCUT2D eigenvalue weighted by Crippen LogP contribution is 2.29. The maximum Gasteiger partial charge on any atom is 0.245 e. The lowest BCUT2D eigenvalue weighted by atomic mass is 10.4. The maximum atomic E-state index is 12.5. The summed E-state index contributed by atoms with van der Waals surface area (Å²) in [5.41, 5.74) is 7.86. The highest BCUT2D eigenvalue weighted by atomic mass is 16.2. The van der Waals surface area contributed by atoms with Crippen LogP contribution in [0.2, 0.25) is 0 Å². The molecule has 0 aliphatic heterocycles. The van der Waals surface area contributed by atoms with Crippen LogP contribution in [0.25, 0.3) is 11.2 Å². The molecule has 27 heavy (non-hydrogen) atoms. The number of imidazole rings is 1. The molecule has 10 nitrogen and oxygen atoms in total. The number of anilines is 3. The predicted molar refractivity (Wildman–Crippen MR) is 102 cm³/mol. The molecule has 4 N–H and O–H groups in total. The Balaban J connectivity index is 1.53. The van der Waals surface area contributed by atoms with E-state index in [1.807, 2.05) is 19.9 Å². The molecule has 1 saturated carbocycles. The van der Waals surface area contributed by atoms with Gasteiger partial charge < -0.3 is 20.9 Å². The lowest BCUT2D eigenvalue weighted by molar-refractivity contribution is -0.116. The number of hydrogen-bond donors (Lipinski definition) is 3. The number of rotatable bonds is 7. The van der Waals surface area contributed by atoms with Gasteiger partial charge in [-0.2, -0.15) is 15.1 Å². The zero-order valence-corrected chi connectivity index (χ0v) is 15.4. The lowest BCUT2D eigenvalue weighted by Crippen LogP contribution is -2.20. The Labute approximate surface area is 156 Å². The second kappa shape index (κ2) is 6.86. The average molecular weight is 369 g/mol. The molecule has 0 spiro atoms. The molecule has 0 saturated heterocycles. The van der Waals surface area contributed by atoms with Crippen molar-refractivity contribution < 1.29 is 4.79 Å². The smallest absolute Gasteiger partial charge is 0.245 e. The van der Waals surface area contributed by atoms with E-state index in [0.29, 0.717) is 35.3 Å². The summed E-state index contributed by atoms with van der Waals surface area (Å²) < 4.78 is 3.42. The first kappa shape index (κ1) is 17.3. The Kier molecular flexibility index (Phi) is 4.38. The van der Waals surface area contributed by atoms with E-state index in [2.05, 4.69) is 30.7 Å². The molecule has 1 amide bonds. The highest BCUT2D eigenvalue weighted by Gasteiger charge is 2.22. The first-order valence-electron chi connectivity index (χ1n) is 9.10. The highest BCUT2D eigenvalue weighted by molar-refractivity contribution is 5.91. The number of nitrogens with zero attached hydrogens (tertiary/aromatic N) is 6. The van der Waals surface area contributed by atoms with Gasteiger partial charge in [0.1, 0.15) is 12.4 Å². The van der Waals surface area contributed by atoms with E-state index in [1.54, 1.807) is 15.6 Å². The normalized spacial score (nSPS) is 13.9. The Morgan fingerprint density at radius 3 is 2.93 bits per heavy atom. The van der Waals surface area contributed by atoms with Crippen LogP contribution in [0.5, 0.6) is 0 Å². The van der Waals surface area contributed by atoms with E-state index >= 15 is 0 Å². The van der Waals surface area contributed by atoms with Crippen LogP contribution in [0.1, 0.15) is 25.5 Å². The van der Waals surface area contributed by atoms with Crippen LogP contribution < -0.4 is 16.4 Å². The Morgan fingerprint density at radius 1 is 1.37 bits per heavy atom. The van der Waals surface area contributed by atoms with Gasteiger partial charge in [-0.1, -0.05) is 0 Å². The van der Waals surface area contributed by atoms with Gasteiger partial charge >= 0.3 is 0 Å². The monoisotopic (exact) mass is 369 g/mol. The fourth-order valence-electron chi connectivity index (χ4n) is 2.99. The van der Waals surface area contributed by atoms with Crippen LogP contribution in [0.3, 0.4) is 0 Å². The standard InChI is InChI=1S/C17H23N9O/c1-3-26-12(6-10(2)24-26)21-13(27)8-25-9-20-14-15(19-7-11-4-5-11)22-17(18)23-16(14)25/h6,9,11H,3-5,7-8H2,1-2H3,(H,21,27)(H3,18,19,22,23). The summed E-state index contributed by atoms with van der Waals surface area (Å²) in [6, 6.07) is 1.84. The minimum atomic E-state index is -0.187. The van der Waals surface area contributed by atoms with E-state index in [1.165, 1.54) is 12.8 Å². The summed E-state index contributed by atoms with van der Waals surface area (Å²) in [5.74, 6) is 1.95. The van der Waals surface area contributed by atoms with Crippen molar-refractivity contribution in [3.63, 3.8) is 0 Å². The minimum Gasteiger partial charge on any atom is -0.368 e. The molecule has 10 heteroatoms. The van der Waals surface area contributed by atoms with E-state index in [0.717, 1.165) is 12.2 Å². The van der Waals surface area contributed by atoms with Crippen LogP contribution in [-0.4, -0.2) is 41.8 Å². The third-order valence-electron chi connectivity index (χ3n) is 4.52. The van der Waals surface area contributed by atoms with Crippen LogP contribution in [0.15, 0.2) is 12.4 Å². The number of nitrogens with one attached hydrogen (secondary N) is 2. The molecule has 0 bridgehead atoms. The summed E-state index contributed by atoms with van der Waals surface area (Å²) in [7, 11) is 0. The number of nitrogens with two attached hydrogens (primary N) is 1. The second-order valence-electron chi connectivity index (χ2n) is 6.83. The lowest BCUT2D eigenvalue weighted by Gasteiger charge is -2.09. The van der Waals surface area contributed by atoms with Gasteiger partial charge in [-0.25, -0.2) is 9.67 Å². The van der Waals surface area contributed by atoms with Crippen molar-refractivity contribution in [3.8, 4) is 0 Å². The van der Waals surface area contributed by atoms with Crippen molar-refractivity contribution in [1.82, 2.24) is 29.3 Å². The van der Waals surface area contributed by atoms with Gasteiger partial charge in [-0.15, -0.1) is 0 Å². The fourth-order valence-corrected chi connectivity index (χ4v) is 2.99. The van der Waals surface area contributed by atoms with Crippen LogP contribution in [-0.2, 0) is 17.9 Å². The maximum absolute atomic E-state index is 12.5. The summed E-state index contributed by atoms with van der Waals surface area (Å²) in [5, 5.41) is 10.5. The number of carbonyl (C=O) groups excluding carboxylic acids is 1. The van der Waals surface area contributed by atoms with Gasteiger partial charge in [0.25, 0.3) is 0 Å². The van der Waals surface area contributed by atoms with Crippen LogP contribution >= 0.6 is 0 Å². The Morgan fingerprint density at radius 2 is 2.19 bits per heavy atom. The molecule has 4 rings (SSSR count). The van der Waals surface area contributed by atoms with Crippen LogP contribution in [0, 0.1) is 12.8 Å². The number of amides is 1. The molecular weight excluding hydrogens is 346 g/mol. The quantitative estimate of drug-likeness (QED) is 0.574. The van der Waals surface area contributed by atoms with Crippen molar-refractivity contribution in [3.05, 3.63) is 18.1 Å². The molecule has 1 aliphatic carbocycles. The average Bonchev–Trinajstić information content (AvgIpc) is 3.28. The largest absolute Gasteiger partial charge is 0.368 e. The van der Waals surface area contributed by atoms with Crippen molar-refractivity contribution in [2.24, 2.45) is 5.92 Å². The second-order valence-corrected chi connectivity index (χ2v) is 6.83. The van der Waals surface area contributed by atoms with E-state index in [-0.39, 0.29) is 18.4 Å². The third-order valence-corrected chi connectivity index (χ3v) is 4.52. The number of fused-ring (bicyclic) bond motifs is 1. The molecule has 0 unspecified atom stereocenters. The van der Waals surface area contributed by atoms with Gasteiger partial charge in [0.15, 0.2) is 17.0 Å². The summed E-state index contributed by atoms with van der Waals surface area (Å²) in [6.45, 7) is 5.46. The summed E-state index contributed by atoms with van der Waals surface area (Å²) >= 11 is 0. The molecular formula is C17H23N9O. The molecule has 0 radical (unpaired) electrons. The predicted octanol–water partition coefficient (Wildman–Crippen LogP) is 1.39. The van der Waals surface area contributed by atoms with Crippen molar-refractivity contribution in [2.45, 2.75) is 39.8 Å². The first-order valence-corrected chi connectivity index (χ1v) is 9.10. The zero-order chi connectivity index (χ0) is 19.0. The molecule has 3 aromatic rings. The van der Waals surface area contributed by atoms with E-state index in [9.17, 15) is 4.79 Å². The Hall–Kier alpha value is -3.17. The molecule has 3 heterocycles. The minimum absolute atomic E-state index is 0.0724. The number of carbonyl (C=O) groups is 1. The van der Waals surface area contributed by atoms with E-state index < -0.39 is 0 Å². The zero-order valence-electron chi connectivity index (χ0n) is 15.4. The third kappa shape index (κ3) is 3.69. The van der Waals surface area contributed by atoms with Crippen LogP contribution in [0.4, 0.5) is 17.6 Å². The fraction of sp³-hybridized carbons (Fsp3) is 0.471. The van der Waals surface area contributed by atoms with Gasteiger partial charge in [0.2, 0.25) is 11.9 Å². The summed E-state index contributed by atoms with van der Waals surface area (Å²) in [4.78, 5) is 25.4. The van der Waals surface area contributed by atoms with Crippen molar-refractivity contribution >= 4 is 34.7 Å². The van der Waals surface area contributed by atoms with Gasteiger partial charge in [-0.05, 0) is 32.6 Å². The van der Waals surface area contributed by atoms with Gasteiger partial charge in [-0.3, -0.25) is 4.79 Å². The topological polar surface area (TPSA) is 129 Å². The van der Waals surface area contributed by atoms with Gasteiger partial charge in [0, 0.05) is 19.2 Å². The van der Waals surface area contributed by atoms with Crippen molar-refractivity contribution in [2.75, 3.05) is 22.9 Å². The number of hydrogen-bond acceptors (Lipinski definition) is 7. The van der Waals surface area contributed by atoms with Gasteiger partial charge in [0.05, 0.1) is 12.0 Å². The number of aromatic nitrogens is 6. The SMILES string of the molecule is CCn1nc(C)cc1NC(=O)Cn1cnc2c(NCC3CC3)nc(N)nc21. The number of nitrogen functional groups attached to an aromatic ring is 1. The molecule has 3 aromatic heterocycles. The van der Waals surface area contributed by atoms with Crippen molar-refractivity contribution in [1.29, 1.82) is 0 Å². The molecule has 142 valence electrons. The molecule has 1 fully saturated rings. The summed E-state index contributed by atoms with van der Waals surface area (Å²) in [6.07, 6.45) is 4.06. The molecule has 0 atom stereocenters. The Bertz CT molecular complexity index is 986.